The highest BCUT2D eigenvalue weighted by molar-refractivity contribution is 5.79. The topological polar surface area (TPSA) is 44.9 Å². The van der Waals surface area contributed by atoms with Crippen LogP contribution < -0.4 is 10.9 Å². The molecule has 0 spiro atoms. The molecule has 1 aromatic heterocycles. The average Bonchev–Trinajstić information content (AvgIpc) is 2.17. The number of pyridine rings is 1. The molecule has 3 rings (SSSR count). The highest BCUT2D eigenvalue weighted by Crippen LogP contribution is 2.23. The minimum atomic E-state index is 0.00515. The molecule has 2 heterocycles. The molecule has 1 aliphatic rings. The van der Waals surface area contributed by atoms with Gasteiger partial charge in [0.1, 0.15) is 0 Å². The first-order valence-corrected chi connectivity index (χ1v) is 5.58. The zero-order chi connectivity index (χ0) is 11.1. The molecule has 0 atom stereocenters. The van der Waals surface area contributed by atoms with E-state index in [0.29, 0.717) is 5.92 Å². The third-order valence-corrected chi connectivity index (χ3v) is 3.31. The van der Waals surface area contributed by atoms with Gasteiger partial charge in [-0.25, -0.2) is 0 Å². The van der Waals surface area contributed by atoms with Crippen molar-refractivity contribution in [1.29, 1.82) is 0 Å². The lowest BCUT2D eigenvalue weighted by Crippen LogP contribution is -2.39. The van der Waals surface area contributed by atoms with Gasteiger partial charge in [0, 0.05) is 30.1 Å². The Morgan fingerprint density at radius 2 is 2.06 bits per heavy atom. The van der Waals surface area contributed by atoms with Crippen LogP contribution in [0.2, 0.25) is 0 Å². The average molecular weight is 214 g/mol. The first-order chi connectivity index (χ1) is 7.74. The van der Waals surface area contributed by atoms with Crippen molar-refractivity contribution in [3.05, 3.63) is 45.7 Å². The van der Waals surface area contributed by atoms with Crippen LogP contribution in [0.4, 0.5) is 0 Å². The third kappa shape index (κ3) is 1.44. The molecule has 1 saturated heterocycles. The van der Waals surface area contributed by atoms with Gasteiger partial charge in [0.2, 0.25) is 0 Å². The number of fused-ring (bicyclic) bond motifs is 1. The predicted molar refractivity (Wildman–Crippen MR) is 64.9 cm³/mol. The van der Waals surface area contributed by atoms with Crippen LogP contribution in [0, 0.1) is 6.92 Å². The van der Waals surface area contributed by atoms with Gasteiger partial charge in [-0.3, -0.25) is 4.79 Å². The molecule has 82 valence electrons. The second-order valence-corrected chi connectivity index (χ2v) is 4.48. The van der Waals surface area contributed by atoms with E-state index in [2.05, 4.69) is 22.4 Å². The first-order valence-electron chi connectivity index (χ1n) is 5.58. The number of benzene rings is 1. The molecule has 0 amide bonds. The van der Waals surface area contributed by atoms with Crippen LogP contribution in [-0.4, -0.2) is 18.1 Å². The summed E-state index contributed by atoms with van der Waals surface area (Å²) in [6, 6.07) is 8.26. The maximum atomic E-state index is 11.5. The highest BCUT2D eigenvalue weighted by Gasteiger charge is 2.18. The summed E-state index contributed by atoms with van der Waals surface area (Å²) >= 11 is 0. The Labute approximate surface area is 93.5 Å². The van der Waals surface area contributed by atoms with E-state index in [1.807, 2.05) is 19.1 Å². The molecule has 0 unspecified atom stereocenters. The van der Waals surface area contributed by atoms with Gasteiger partial charge in [-0.15, -0.1) is 0 Å². The second-order valence-electron chi connectivity index (χ2n) is 4.48. The maximum absolute atomic E-state index is 11.5. The van der Waals surface area contributed by atoms with Crippen molar-refractivity contribution in [2.45, 2.75) is 12.8 Å². The summed E-state index contributed by atoms with van der Waals surface area (Å²) in [5.41, 5.74) is 3.06. The minimum absolute atomic E-state index is 0.00515. The van der Waals surface area contributed by atoms with Gasteiger partial charge in [0.25, 0.3) is 5.56 Å². The van der Waals surface area contributed by atoms with Crippen LogP contribution in [-0.2, 0) is 0 Å². The number of rotatable bonds is 1. The molecule has 0 radical (unpaired) electrons. The fraction of sp³-hybridized carbons (Fsp3) is 0.308. The number of nitrogens with one attached hydrogen (secondary N) is 2. The van der Waals surface area contributed by atoms with E-state index in [9.17, 15) is 4.79 Å². The maximum Gasteiger partial charge on any atom is 0.251 e. The summed E-state index contributed by atoms with van der Waals surface area (Å²) in [4.78, 5) is 14.3. The van der Waals surface area contributed by atoms with E-state index >= 15 is 0 Å². The van der Waals surface area contributed by atoms with Gasteiger partial charge in [-0.05, 0) is 36.1 Å². The lowest BCUT2D eigenvalue weighted by atomic mass is 9.92. The number of aromatic nitrogens is 1. The Kier molecular flexibility index (Phi) is 2.07. The molecule has 16 heavy (non-hydrogen) atoms. The van der Waals surface area contributed by atoms with Gasteiger partial charge in [0.05, 0.1) is 0 Å². The van der Waals surface area contributed by atoms with E-state index in [-0.39, 0.29) is 5.56 Å². The third-order valence-electron chi connectivity index (χ3n) is 3.31. The number of H-pyrrole nitrogens is 1. The molecule has 2 aromatic rings. The summed E-state index contributed by atoms with van der Waals surface area (Å²) in [5, 5.41) is 4.40. The number of aromatic amines is 1. The minimum Gasteiger partial charge on any atom is -0.322 e. The van der Waals surface area contributed by atoms with Crippen molar-refractivity contribution in [1.82, 2.24) is 10.3 Å². The molecule has 0 aliphatic carbocycles. The molecule has 1 aliphatic heterocycles. The predicted octanol–water partition coefficient (Wildman–Crippen LogP) is 1.52. The zero-order valence-corrected chi connectivity index (χ0v) is 9.21. The molecule has 0 bridgehead atoms. The second kappa shape index (κ2) is 3.46. The van der Waals surface area contributed by atoms with Crippen LogP contribution in [0.3, 0.4) is 0 Å². The lowest BCUT2D eigenvalue weighted by molar-refractivity contribution is 0.449. The SMILES string of the molecule is Cc1cc2cc(C3CNC3)ccc2[nH]c1=O. The normalized spacial score (nSPS) is 16.3. The molecular weight excluding hydrogens is 200 g/mol. The Hall–Kier alpha value is -1.61. The van der Waals surface area contributed by atoms with Crippen molar-refractivity contribution < 1.29 is 0 Å². The van der Waals surface area contributed by atoms with E-state index in [1.165, 1.54) is 5.56 Å². The van der Waals surface area contributed by atoms with E-state index in [1.54, 1.807) is 0 Å². The van der Waals surface area contributed by atoms with Gasteiger partial charge in [0.15, 0.2) is 0 Å². The van der Waals surface area contributed by atoms with E-state index in [4.69, 9.17) is 0 Å². The lowest BCUT2D eigenvalue weighted by Gasteiger charge is -2.27. The molecule has 3 nitrogen and oxygen atoms in total. The molecule has 1 fully saturated rings. The van der Waals surface area contributed by atoms with Crippen molar-refractivity contribution in [3.63, 3.8) is 0 Å². The van der Waals surface area contributed by atoms with Crippen molar-refractivity contribution in [2.24, 2.45) is 0 Å². The van der Waals surface area contributed by atoms with Crippen LogP contribution in [0.1, 0.15) is 17.0 Å². The van der Waals surface area contributed by atoms with Crippen LogP contribution in [0.5, 0.6) is 0 Å². The van der Waals surface area contributed by atoms with E-state index in [0.717, 1.165) is 29.6 Å². The number of hydrogen-bond acceptors (Lipinski definition) is 2. The van der Waals surface area contributed by atoms with Crippen molar-refractivity contribution in [2.75, 3.05) is 13.1 Å². The van der Waals surface area contributed by atoms with Gasteiger partial charge in [-0.1, -0.05) is 6.07 Å². The largest absolute Gasteiger partial charge is 0.322 e. The van der Waals surface area contributed by atoms with Gasteiger partial charge >= 0.3 is 0 Å². The molecule has 2 N–H and O–H groups in total. The zero-order valence-electron chi connectivity index (χ0n) is 9.21. The fourth-order valence-electron chi connectivity index (χ4n) is 2.11. The Bertz CT molecular complexity index is 596. The summed E-state index contributed by atoms with van der Waals surface area (Å²) in [5.74, 6) is 0.636. The smallest absolute Gasteiger partial charge is 0.251 e. The molecule has 0 saturated carbocycles. The highest BCUT2D eigenvalue weighted by atomic mass is 16.1. The Balaban J connectivity index is 2.16. The van der Waals surface area contributed by atoms with Crippen LogP contribution in [0.15, 0.2) is 29.1 Å². The molecular formula is C13H14N2O. The molecule has 1 aromatic carbocycles. The summed E-state index contributed by atoms with van der Waals surface area (Å²) in [6.07, 6.45) is 0. The number of aryl methyl sites for hydroxylation is 1. The fourth-order valence-corrected chi connectivity index (χ4v) is 2.11. The van der Waals surface area contributed by atoms with Crippen molar-refractivity contribution >= 4 is 10.9 Å². The van der Waals surface area contributed by atoms with Crippen LogP contribution in [0.25, 0.3) is 10.9 Å². The van der Waals surface area contributed by atoms with Gasteiger partial charge < -0.3 is 10.3 Å². The van der Waals surface area contributed by atoms with Crippen molar-refractivity contribution in [3.8, 4) is 0 Å². The van der Waals surface area contributed by atoms with E-state index < -0.39 is 0 Å². The standard InChI is InChI=1S/C13H14N2O/c1-8-4-10-5-9(11-6-14-7-11)2-3-12(10)15-13(8)16/h2-5,11,14H,6-7H2,1H3,(H,15,16). The quantitative estimate of drug-likeness (QED) is 0.756. The Morgan fingerprint density at radius 3 is 2.75 bits per heavy atom. The summed E-state index contributed by atoms with van der Waals surface area (Å²) in [6.45, 7) is 3.97. The molecule has 3 heteroatoms. The number of hydrogen-bond donors (Lipinski definition) is 2. The summed E-state index contributed by atoms with van der Waals surface area (Å²) < 4.78 is 0. The van der Waals surface area contributed by atoms with Gasteiger partial charge in [-0.2, -0.15) is 0 Å². The monoisotopic (exact) mass is 214 g/mol. The first kappa shape index (κ1) is 9.60. The summed E-state index contributed by atoms with van der Waals surface area (Å²) in [7, 11) is 0. The Morgan fingerprint density at radius 1 is 1.25 bits per heavy atom. The van der Waals surface area contributed by atoms with Crippen LogP contribution >= 0.6 is 0 Å².